The first-order valence-corrected chi connectivity index (χ1v) is 10.2. The maximum Gasteiger partial charge on any atom is 0.343 e. The van der Waals surface area contributed by atoms with Crippen molar-refractivity contribution >= 4 is 23.4 Å². The number of hydrogen-bond acceptors (Lipinski definition) is 5. The molecule has 0 aliphatic carbocycles. The summed E-state index contributed by atoms with van der Waals surface area (Å²) >= 11 is 1.24. The van der Waals surface area contributed by atoms with E-state index >= 15 is 0 Å². The van der Waals surface area contributed by atoms with Gasteiger partial charge in [0.2, 0.25) is 5.91 Å². The van der Waals surface area contributed by atoms with Crippen LogP contribution in [-0.4, -0.2) is 33.0 Å². The Hall–Kier alpha value is -3.00. The van der Waals surface area contributed by atoms with Crippen LogP contribution in [-0.2, 0) is 17.8 Å². The lowest BCUT2D eigenvalue weighted by Gasteiger charge is -2.14. The number of rotatable bonds is 8. The van der Waals surface area contributed by atoms with Crippen LogP contribution in [0.3, 0.4) is 0 Å². The number of H-pyrrole nitrogens is 1. The highest BCUT2D eigenvalue weighted by molar-refractivity contribution is 8.00. The molecule has 8 heteroatoms. The molecule has 0 radical (unpaired) electrons. The van der Waals surface area contributed by atoms with E-state index in [-0.39, 0.29) is 11.6 Å². The summed E-state index contributed by atoms with van der Waals surface area (Å²) in [7, 11) is 1.56. The van der Waals surface area contributed by atoms with Crippen LogP contribution in [0.1, 0.15) is 18.1 Å². The number of carbonyl (C=O) groups excluding carboxylic acids is 1. The van der Waals surface area contributed by atoms with Crippen LogP contribution in [0.25, 0.3) is 0 Å². The fourth-order valence-electron chi connectivity index (χ4n) is 2.84. The van der Waals surface area contributed by atoms with Gasteiger partial charge >= 0.3 is 5.69 Å². The smallest absolute Gasteiger partial charge is 0.343 e. The molecule has 0 aliphatic rings. The average molecular weight is 413 g/mol. The number of ether oxygens (including phenoxy) is 1. The largest absolute Gasteiger partial charge is 0.495 e. The Morgan fingerprint density at radius 2 is 2.03 bits per heavy atom. The Bertz CT molecular complexity index is 1030. The summed E-state index contributed by atoms with van der Waals surface area (Å²) in [6.07, 6.45) is 0.703. The SMILES string of the molecule is COc1ccc(C)cc1NC(=O)[C@@H](C)Sc1n[nH]c(=O)n1CCc1ccccc1. The molecule has 152 valence electrons. The first kappa shape index (κ1) is 20.7. The van der Waals surface area contributed by atoms with Gasteiger partial charge in [-0.1, -0.05) is 48.2 Å². The third kappa shape index (κ3) is 5.29. The topological polar surface area (TPSA) is 89.0 Å². The second-order valence-corrected chi connectivity index (χ2v) is 7.96. The Labute approximate surface area is 173 Å². The van der Waals surface area contributed by atoms with E-state index in [0.717, 1.165) is 11.1 Å². The molecule has 0 fully saturated rings. The van der Waals surface area contributed by atoms with Gasteiger partial charge in [0.25, 0.3) is 0 Å². The van der Waals surface area contributed by atoms with Crippen LogP contribution in [0.15, 0.2) is 58.5 Å². The van der Waals surface area contributed by atoms with Crippen molar-refractivity contribution in [3.63, 3.8) is 0 Å². The van der Waals surface area contributed by atoms with Crippen LogP contribution in [0.5, 0.6) is 5.75 Å². The number of nitrogens with one attached hydrogen (secondary N) is 2. The van der Waals surface area contributed by atoms with E-state index in [2.05, 4.69) is 15.5 Å². The summed E-state index contributed by atoms with van der Waals surface area (Å²) in [5.74, 6) is 0.407. The molecule has 0 bridgehead atoms. The molecule has 0 unspecified atom stereocenters. The molecule has 1 amide bonds. The van der Waals surface area contributed by atoms with Crippen molar-refractivity contribution < 1.29 is 9.53 Å². The highest BCUT2D eigenvalue weighted by atomic mass is 32.2. The minimum atomic E-state index is -0.453. The monoisotopic (exact) mass is 412 g/mol. The quantitative estimate of drug-likeness (QED) is 0.555. The summed E-state index contributed by atoms with van der Waals surface area (Å²) in [6, 6.07) is 15.5. The summed E-state index contributed by atoms with van der Waals surface area (Å²) in [5.41, 5.74) is 2.49. The van der Waals surface area contributed by atoms with Crippen LogP contribution < -0.4 is 15.7 Å². The maximum absolute atomic E-state index is 12.7. The lowest BCUT2D eigenvalue weighted by atomic mass is 10.1. The fraction of sp³-hybridized carbons (Fsp3) is 0.286. The number of aryl methyl sites for hydroxylation is 2. The van der Waals surface area contributed by atoms with Gasteiger partial charge < -0.3 is 10.1 Å². The second-order valence-electron chi connectivity index (χ2n) is 6.65. The van der Waals surface area contributed by atoms with E-state index in [1.54, 1.807) is 18.6 Å². The van der Waals surface area contributed by atoms with Gasteiger partial charge in [-0.3, -0.25) is 9.36 Å². The Balaban J connectivity index is 1.67. The van der Waals surface area contributed by atoms with Gasteiger partial charge in [-0.2, -0.15) is 0 Å². The van der Waals surface area contributed by atoms with Gasteiger partial charge in [0.1, 0.15) is 5.75 Å². The molecule has 2 N–H and O–H groups in total. The van der Waals surface area contributed by atoms with Gasteiger partial charge in [-0.05, 0) is 43.5 Å². The maximum atomic E-state index is 12.7. The van der Waals surface area contributed by atoms with E-state index in [0.29, 0.717) is 29.6 Å². The van der Waals surface area contributed by atoms with Crippen LogP contribution in [0, 0.1) is 6.92 Å². The molecule has 1 atom stereocenters. The molecule has 0 aliphatic heterocycles. The van der Waals surface area contributed by atoms with Crippen LogP contribution in [0.4, 0.5) is 5.69 Å². The highest BCUT2D eigenvalue weighted by Crippen LogP contribution is 2.27. The zero-order valence-electron chi connectivity index (χ0n) is 16.6. The standard InChI is InChI=1S/C21H24N4O3S/c1-14-9-10-18(28-3)17(13-14)22-19(26)15(2)29-21-24-23-20(27)25(21)12-11-16-7-5-4-6-8-16/h4-10,13,15H,11-12H2,1-3H3,(H,22,26)(H,23,27)/t15-/m1/s1. The molecule has 2 aromatic carbocycles. The van der Waals surface area contributed by atoms with Crippen molar-refractivity contribution in [2.45, 2.75) is 37.2 Å². The third-order valence-corrected chi connectivity index (χ3v) is 5.54. The number of aromatic nitrogens is 3. The van der Waals surface area contributed by atoms with Crippen molar-refractivity contribution in [3.8, 4) is 5.75 Å². The fourth-order valence-corrected chi connectivity index (χ4v) is 3.72. The first-order valence-electron chi connectivity index (χ1n) is 9.29. The number of aromatic amines is 1. The van der Waals surface area contributed by atoms with Gasteiger partial charge in [-0.15, -0.1) is 5.10 Å². The Kier molecular flexibility index (Phi) is 6.77. The molecule has 0 spiro atoms. The minimum Gasteiger partial charge on any atom is -0.495 e. The van der Waals surface area contributed by atoms with Crippen molar-refractivity contribution in [2.75, 3.05) is 12.4 Å². The van der Waals surface area contributed by atoms with E-state index in [4.69, 9.17) is 4.74 Å². The normalized spacial score (nSPS) is 11.8. The first-order chi connectivity index (χ1) is 14.0. The Morgan fingerprint density at radius 3 is 2.76 bits per heavy atom. The number of benzene rings is 2. The molecular formula is C21H24N4O3S. The molecule has 3 aromatic rings. The molecule has 29 heavy (non-hydrogen) atoms. The molecule has 7 nitrogen and oxygen atoms in total. The molecule has 1 heterocycles. The van der Waals surface area contributed by atoms with Crippen molar-refractivity contribution in [2.24, 2.45) is 0 Å². The van der Waals surface area contributed by atoms with E-state index in [1.807, 2.05) is 55.5 Å². The van der Waals surface area contributed by atoms with E-state index < -0.39 is 5.25 Å². The van der Waals surface area contributed by atoms with Gasteiger partial charge in [0.15, 0.2) is 5.16 Å². The van der Waals surface area contributed by atoms with Crippen LogP contribution in [0.2, 0.25) is 0 Å². The van der Waals surface area contributed by atoms with Crippen LogP contribution >= 0.6 is 11.8 Å². The Morgan fingerprint density at radius 1 is 1.28 bits per heavy atom. The van der Waals surface area contributed by atoms with Gasteiger partial charge in [0, 0.05) is 6.54 Å². The van der Waals surface area contributed by atoms with Crippen molar-refractivity contribution in [1.29, 1.82) is 0 Å². The summed E-state index contributed by atoms with van der Waals surface area (Å²) in [5, 5.41) is 9.50. The molecular weight excluding hydrogens is 388 g/mol. The number of nitrogens with zero attached hydrogens (tertiary/aromatic N) is 2. The number of carbonyl (C=O) groups is 1. The number of methoxy groups -OCH3 is 1. The number of amides is 1. The third-order valence-electron chi connectivity index (χ3n) is 4.45. The lowest BCUT2D eigenvalue weighted by Crippen LogP contribution is -2.24. The number of anilines is 1. The molecule has 0 saturated heterocycles. The summed E-state index contributed by atoms with van der Waals surface area (Å²) in [6.45, 7) is 4.22. The second kappa shape index (κ2) is 9.47. The van der Waals surface area contributed by atoms with Gasteiger partial charge in [-0.25, -0.2) is 9.89 Å². The average Bonchev–Trinajstić information content (AvgIpc) is 3.06. The number of thioether (sulfide) groups is 1. The predicted molar refractivity (Wildman–Crippen MR) is 115 cm³/mol. The molecule has 3 rings (SSSR count). The highest BCUT2D eigenvalue weighted by Gasteiger charge is 2.20. The minimum absolute atomic E-state index is 0.191. The zero-order chi connectivity index (χ0) is 20.8. The van der Waals surface area contributed by atoms with E-state index in [9.17, 15) is 9.59 Å². The molecule has 1 aromatic heterocycles. The zero-order valence-corrected chi connectivity index (χ0v) is 17.5. The van der Waals surface area contributed by atoms with Crippen molar-refractivity contribution in [3.05, 3.63) is 70.1 Å². The summed E-state index contributed by atoms with van der Waals surface area (Å²) < 4.78 is 6.88. The molecule has 0 saturated carbocycles. The van der Waals surface area contributed by atoms with Gasteiger partial charge in [0.05, 0.1) is 18.0 Å². The summed E-state index contributed by atoms with van der Waals surface area (Å²) in [4.78, 5) is 24.8. The predicted octanol–water partition coefficient (Wildman–Crippen LogP) is 3.25. The van der Waals surface area contributed by atoms with Crippen molar-refractivity contribution in [1.82, 2.24) is 14.8 Å². The van der Waals surface area contributed by atoms with E-state index in [1.165, 1.54) is 11.8 Å². The lowest BCUT2D eigenvalue weighted by molar-refractivity contribution is -0.115. The number of hydrogen-bond donors (Lipinski definition) is 2.